The molecule has 0 aromatic heterocycles. The third-order valence-corrected chi connectivity index (χ3v) is 18.0. The molecular formula is C57H67Cl6F3N6O4. The number of rotatable bonds is 16. The zero-order valence-electron chi connectivity index (χ0n) is 43.5. The number of alkyl halides is 3. The molecular weight excluding hydrogens is 1100 g/mol. The Morgan fingerprint density at radius 3 is 1.32 bits per heavy atom. The van der Waals surface area contributed by atoms with Gasteiger partial charge in [0.05, 0.1) is 41.5 Å². The average Bonchev–Trinajstić information content (AvgIpc) is 4.04. The number of carbonyl (C=O) groups excluding carboxylic acids is 4. The van der Waals surface area contributed by atoms with E-state index in [4.69, 9.17) is 69.6 Å². The Morgan fingerprint density at radius 1 is 0.539 bits per heavy atom. The highest BCUT2D eigenvalue weighted by molar-refractivity contribution is 6.42. The molecule has 0 bridgehead atoms. The summed E-state index contributed by atoms with van der Waals surface area (Å²) in [6.45, 7) is 11.0. The van der Waals surface area contributed by atoms with Gasteiger partial charge >= 0.3 is 6.18 Å². The quantitative estimate of drug-likeness (QED) is 0.111. The van der Waals surface area contributed by atoms with Gasteiger partial charge in [0.1, 0.15) is 0 Å². The SMILES string of the molecule is CN(Cc1ccc(Cl)c(C(F)(F)F)c1)C(=O)C(C)(CCN1CCC(N2CCCC2=O)CC1)c1ccc(Cl)c(Cl)c1.CN(Cc1ccc(Cl)cc1)C(=O)C(C)(CCN1CCC(N2CCCC2=O)CC1)c1ccc(Cl)c(Cl)c1. The van der Waals surface area contributed by atoms with Gasteiger partial charge in [-0.3, -0.25) is 19.2 Å². The summed E-state index contributed by atoms with van der Waals surface area (Å²) in [6, 6.07) is 22.5. The van der Waals surface area contributed by atoms with Crippen molar-refractivity contribution >= 4 is 93.2 Å². The van der Waals surface area contributed by atoms with Gasteiger partial charge in [-0.15, -0.1) is 0 Å². The fraction of sp³-hybridized carbons (Fsp3) is 0.509. The molecule has 0 saturated carbocycles. The Balaban J connectivity index is 0.000000222. The van der Waals surface area contributed by atoms with E-state index in [1.165, 1.54) is 17.0 Å². The van der Waals surface area contributed by atoms with Crippen molar-refractivity contribution in [2.24, 2.45) is 0 Å². The van der Waals surface area contributed by atoms with Crippen LogP contribution in [0.2, 0.25) is 30.1 Å². The fourth-order valence-electron chi connectivity index (χ4n) is 11.2. The zero-order valence-corrected chi connectivity index (χ0v) is 48.1. The second-order valence-corrected chi connectivity index (χ2v) is 23.7. The van der Waals surface area contributed by atoms with Crippen LogP contribution < -0.4 is 0 Å². The van der Waals surface area contributed by atoms with Crippen LogP contribution in [0, 0.1) is 0 Å². The molecule has 0 N–H and O–H groups in total. The number of amides is 4. The molecule has 4 aliphatic rings. The molecule has 10 nitrogen and oxygen atoms in total. The highest BCUT2D eigenvalue weighted by atomic mass is 35.5. The molecule has 19 heteroatoms. The van der Waals surface area contributed by atoms with Gasteiger partial charge in [-0.25, -0.2) is 0 Å². The maximum atomic E-state index is 14.0. The summed E-state index contributed by atoms with van der Waals surface area (Å²) < 4.78 is 40.2. The Bertz CT molecular complexity index is 2700. The minimum absolute atomic E-state index is 0.0226. The second-order valence-electron chi connectivity index (χ2n) is 21.2. The molecule has 2 unspecified atom stereocenters. The van der Waals surface area contributed by atoms with Crippen LogP contribution in [0.25, 0.3) is 0 Å². The van der Waals surface area contributed by atoms with Crippen molar-refractivity contribution in [1.82, 2.24) is 29.4 Å². The predicted octanol–water partition coefficient (Wildman–Crippen LogP) is 13.1. The van der Waals surface area contributed by atoms with Crippen LogP contribution in [0.1, 0.15) is 106 Å². The first-order valence-corrected chi connectivity index (χ1v) is 28.3. The van der Waals surface area contributed by atoms with E-state index in [1.807, 2.05) is 62.2 Å². The van der Waals surface area contributed by atoms with Crippen LogP contribution in [0.15, 0.2) is 78.9 Å². The number of halogens is 9. The van der Waals surface area contributed by atoms with E-state index >= 15 is 0 Å². The predicted molar refractivity (Wildman–Crippen MR) is 299 cm³/mol. The van der Waals surface area contributed by atoms with Gasteiger partial charge in [0.25, 0.3) is 0 Å². The topological polar surface area (TPSA) is 87.7 Å². The van der Waals surface area contributed by atoms with Crippen molar-refractivity contribution in [1.29, 1.82) is 0 Å². The molecule has 8 rings (SSSR count). The number of hydrogen-bond donors (Lipinski definition) is 0. The number of benzene rings is 4. The molecule has 4 fully saturated rings. The van der Waals surface area contributed by atoms with Gasteiger partial charge in [-0.1, -0.05) is 99.9 Å². The number of hydrogen-bond acceptors (Lipinski definition) is 6. The summed E-state index contributed by atoms with van der Waals surface area (Å²) in [4.78, 5) is 64.2. The van der Waals surface area contributed by atoms with E-state index in [-0.39, 0.29) is 35.3 Å². The molecule has 4 heterocycles. The summed E-state index contributed by atoms with van der Waals surface area (Å²) in [5, 5.41) is 1.90. The number of likely N-dealkylation sites (N-methyl/N-ethyl adjacent to an activating group) is 2. The number of nitrogens with zero attached hydrogens (tertiary/aromatic N) is 6. The Kier molecular flexibility index (Phi) is 20.5. The van der Waals surface area contributed by atoms with Crippen LogP contribution in [0.4, 0.5) is 13.2 Å². The molecule has 0 aliphatic carbocycles. The smallest absolute Gasteiger partial charge is 0.341 e. The Morgan fingerprint density at radius 2 is 0.934 bits per heavy atom. The normalized spacial score (nSPS) is 18.8. The van der Waals surface area contributed by atoms with Gasteiger partial charge in [-0.2, -0.15) is 13.2 Å². The highest BCUT2D eigenvalue weighted by Crippen LogP contribution is 2.39. The average molecular weight is 1170 g/mol. The van der Waals surface area contributed by atoms with Crippen LogP contribution >= 0.6 is 69.6 Å². The van der Waals surface area contributed by atoms with Gasteiger partial charge in [0.15, 0.2) is 0 Å². The summed E-state index contributed by atoms with van der Waals surface area (Å²) in [5.74, 6) is 0.331. The van der Waals surface area contributed by atoms with Crippen LogP contribution in [-0.2, 0) is 49.3 Å². The molecule has 4 aromatic carbocycles. The zero-order chi connectivity index (χ0) is 55.1. The monoisotopic (exact) mass is 1170 g/mol. The maximum absolute atomic E-state index is 14.0. The third kappa shape index (κ3) is 14.7. The largest absolute Gasteiger partial charge is 0.417 e. The number of carbonyl (C=O) groups is 4. The van der Waals surface area contributed by atoms with E-state index in [2.05, 4.69) is 14.7 Å². The minimum atomic E-state index is -4.60. The first-order chi connectivity index (χ1) is 36.0. The molecule has 4 amide bonds. The van der Waals surface area contributed by atoms with Crippen molar-refractivity contribution < 1.29 is 32.3 Å². The van der Waals surface area contributed by atoms with Crippen molar-refractivity contribution in [3.8, 4) is 0 Å². The molecule has 76 heavy (non-hydrogen) atoms. The first kappa shape index (κ1) is 59.9. The first-order valence-electron chi connectivity index (χ1n) is 26.0. The molecule has 4 saturated heterocycles. The summed E-state index contributed by atoms with van der Waals surface area (Å²) in [7, 11) is 3.42. The lowest BCUT2D eigenvalue weighted by atomic mass is 9.77. The Labute approximate surface area is 475 Å². The lowest BCUT2D eigenvalue weighted by Crippen LogP contribution is -2.48. The molecule has 412 valence electrons. The van der Waals surface area contributed by atoms with Gasteiger partial charge in [0, 0.05) is 96.4 Å². The van der Waals surface area contributed by atoms with E-state index in [0.29, 0.717) is 87.0 Å². The Hall–Kier alpha value is -3.79. The van der Waals surface area contributed by atoms with E-state index in [1.54, 1.807) is 36.2 Å². The number of likely N-dealkylation sites (tertiary alicyclic amines) is 4. The molecule has 0 spiro atoms. The van der Waals surface area contributed by atoms with Crippen LogP contribution in [-0.4, -0.2) is 132 Å². The van der Waals surface area contributed by atoms with Crippen molar-refractivity contribution in [3.05, 3.63) is 137 Å². The van der Waals surface area contributed by atoms with E-state index in [0.717, 1.165) is 102 Å². The van der Waals surface area contributed by atoms with E-state index in [9.17, 15) is 32.3 Å². The fourth-order valence-corrected chi connectivity index (χ4v) is 12.2. The van der Waals surface area contributed by atoms with E-state index < -0.39 is 22.6 Å². The lowest BCUT2D eigenvalue weighted by molar-refractivity contribution is -0.138. The summed E-state index contributed by atoms with van der Waals surface area (Å²) >= 11 is 36.9. The standard InChI is InChI=1S/C29H33Cl3F3N3O2.C28H34Cl3N3O2/c1-28(20-6-8-24(31)25(32)17-20,11-15-37-13-9-21(10-14-37)38-12-3-4-26(38)39)27(40)36(2)18-19-5-7-23(30)22(16-19)29(33,34)35;1-28(21-7-10-24(30)25(31)18-21,27(36)32(2)19-20-5-8-22(29)9-6-20)13-17-33-15-11-23(12-16-33)34-14-3-4-26(34)35/h5-8,16-17,21H,3-4,9-15,18H2,1-2H3;5-10,18,23H,3-4,11-17,19H2,1-2H3. The number of piperidine rings is 2. The van der Waals surface area contributed by atoms with Crippen molar-refractivity contribution in [3.63, 3.8) is 0 Å². The van der Waals surface area contributed by atoms with Gasteiger partial charge in [0.2, 0.25) is 23.6 Å². The van der Waals surface area contributed by atoms with Crippen molar-refractivity contribution in [2.75, 3.05) is 66.5 Å². The summed E-state index contributed by atoms with van der Waals surface area (Å²) in [6.07, 6.45) is 3.50. The van der Waals surface area contributed by atoms with Crippen LogP contribution in [0.3, 0.4) is 0 Å². The van der Waals surface area contributed by atoms with Gasteiger partial charge < -0.3 is 29.4 Å². The van der Waals surface area contributed by atoms with Crippen molar-refractivity contribution in [2.45, 2.75) is 120 Å². The highest BCUT2D eigenvalue weighted by Gasteiger charge is 2.41. The molecule has 4 aromatic rings. The molecule has 0 radical (unpaired) electrons. The third-order valence-electron chi connectivity index (χ3n) is 15.9. The molecule has 4 aliphatic heterocycles. The lowest BCUT2D eigenvalue weighted by Gasteiger charge is -2.39. The second kappa shape index (κ2) is 26.0. The van der Waals surface area contributed by atoms with Gasteiger partial charge in [-0.05, 0) is 149 Å². The minimum Gasteiger partial charge on any atom is -0.341 e. The maximum Gasteiger partial charge on any atom is 0.417 e. The molecule has 2 atom stereocenters. The summed E-state index contributed by atoms with van der Waals surface area (Å²) in [5.41, 5.74) is 0.179. The van der Waals surface area contributed by atoms with Crippen LogP contribution in [0.5, 0.6) is 0 Å².